The lowest BCUT2D eigenvalue weighted by Crippen LogP contribution is -2.37. The molecule has 0 aliphatic heterocycles. The molecule has 6 heteroatoms. The van der Waals surface area contributed by atoms with E-state index in [0.29, 0.717) is 12.5 Å². The summed E-state index contributed by atoms with van der Waals surface area (Å²) in [7, 11) is 0. The van der Waals surface area contributed by atoms with Gasteiger partial charge in [-0.2, -0.15) is 0 Å². The second-order valence-electron chi connectivity index (χ2n) is 4.53. The highest BCUT2D eigenvalue weighted by molar-refractivity contribution is 9.10. The standard InChI is InChI=1S/C15H13BrF2N2O/c16-11-7-10(17)8-12(18)14(11)20-15(21)13(19)6-9-4-2-1-3-5-9/h1-5,7-8,13H,6,19H2,(H,20,21). The summed E-state index contributed by atoms with van der Waals surface area (Å²) in [6.45, 7) is 0. The molecule has 21 heavy (non-hydrogen) atoms. The van der Waals surface area contributed by atoms with E-state index in [0.717, 1.165) is 11.6 Å². The quantitative estimate of drug-likeness (QED) is 0.885. The van der Waals surface area contributed by atoms with Gasteiger partial charge >= 0.3 is 0 Å². The van der Waals surface area contributed by atoms with Gasteiger partial charge in [-0.15, -0.1) is 0 Å². The van der Waals surface area contributed by atoms with Crippen molar-refractivity contribution in [3.8, 4) is 0 Å². The Balaban J connectivity index is 2.08. The fraction of sp³-hybridized carbons (Fsp3) is 0.133. The van der Waals surface area contributed by atoms with Gasteiger partial charge in [0, 0.05) is 10.5 Å². The first kappa shape index (κ1) is 15.6. The first-order valence-corrected chi connectivity index (χ1v) is 7.01. The number of anilines is 1. The van der Waals surface area contributed by atoms with Crippen LogP contribution in [0.15, 0.2) is 46.9 Å². The molecule has 2 aromatic carbocycles. The average Bonchev–Trinajstić information content (AvgIpc) is 2.43. The van der Waals surface area contributed by atoms with Gasteiger partial charge in [-0.05, 0) is 34.0 Å². The van der Waals surface area contributed by atoms with Crippen molar-refractivity contribution in [3.05, 3.63) is 64.1 Å². The lowest BCUT2D eigenvalue weighted by molar-refractivity contribution is -0.117. The van der Waals surface area contributed by atoms with E-state index in [4.69, 9.17) is 5.73 Å². The van der Waals surface area contributed by atoms with E-state index < -0.39 is 23.6 Å². The number of nitrogens with one attached hydrogen (secondary N) is 1. The van der Waals surface area contributed by atoms with Crippen LogP contribution in [0.3, 0.4) is 0 Å². The number of hydrogen-bond donors (Lipinski definition) is 2. The molecule has 0 heterocycles. The maximum Gasteiger partial charge on any atom is 0.241 e. The highest BCUT2D eigenvalue weighted by Gasteiger charge is 2.18. The fourth-order valence-corrected chi connectivity index (χ4v) is 2.35. The molecule has 0 spiro atoms. The number of carbonyl (C=O) groups excluding carboxylic acids is 1. The Hall–Kier alpha value is -1.79. The number of rotatable bonds is 4. The zero-order chi connectivity index (χ0) is 15.4. The number of hydrogen-bond acceptors (Lipinski definition) is 2. The Kier molecular flexibility index (Phi) is 5.03. The summed E-state index contributed by atoms with van der Waals surface area (Å²) >= 11 is 3.01. The molecule has 2 rings (SSSR count). The third-order valence-corrected chi connectivity index (χ3v) is 3.52. The van der Waals surface area contributed by atoms with Gasteiger partial charge < -0.3 is 11.1 Å². The normalized spacial score (nSPS) is 12.0. The lowest BCUT2D eigenvalue weighted by atomic mass is 10.1. The number of halogens is 3. The summed E-state index contributed by atoms with van der Waals surface area (Å²) in [6.07, 6.45) is 0.326. The molecule has 1 atom stereocenters. The Bertz CT molecular complexity index is 626. The maximum absolute atomic E-state index is 13.6. The smallest absolute Gasteiger partial charge is 0.241 e. The molecule has 0 aliphatic carbocycles. The van der Waals surface area contributed by atoms with E-state index in [1.807, 2.05) is 30.3 Å². The molecule has 3 nitrogen and oxygen atoms in total. The van der Waals surface area contributed by atoms with Gasteiger partial charge in [0.1, 0.15) is 5.82 Å². The van der Waals surface area contributed by atoms with Gasteiger partial charge in [0.15, 0.2) is 5.82 Å². The van der Waals surface area contributed by atoms with Crippen molar-refractivity contribution < 1.29 is 13.6 Å². The molecule has 3 N–H and O–H groups in total. The van der Waals surface area contributed by atoms with E-state index >= 15 is 0 Å². The second-order valence-corrected chi connectivity index (χ2v) is 5.38. The van der Waals surface area contributed by atoms with Gasteiger partial charge in [-0.25, -0.2) is 8.78 Å². The van der Waals surface area contributed by atoms with Crippen LogP contribution >= 0.6 is 15.9 Å². The van der Waals surface area contributed by atoms with E-state index in [2.05, 4.69) is 21.2 Å². The minimum Gasteiger partial charge on any atom is -0.321 e. The van der Waals surface area contributed by atoms with Gasteiger partial charge in [0.25, 0.3) is 0 Å². The van der Waals surface area contributed by atoms with Crippen LogP contribution in [0.2, 0.25) is 0 Å². The average molecular weight is 355 g/mol. The van der Waals surface area contributed by atoms with E-state index in [-0.39, 0.29) is 10.2 Å². The van der Waals surface area contributed by atoms with Crippen LogP contribution in [0.5, 0.6) is 0 Å². The largest absolute Gasteiger partial charge is 0.321 e. The Morgan fingerprint density at radius 1 is 1.24 bits per heavy atom. The number of nitrogens with two attached hydrogens (primary N) is 1. The van der Waals surface area contributed by atoms with Gasteiger partial charge in [0.2, 0.25) is 5.91 Å². The van der Waals surface area contributed by atoms with Crippen LogP contribution in [0.1, 0.15) is 5.56 Å². The zero-order valence-corrected chi connectivity index (χ0v) is 12.5. The van der Waals surface area contributed by atoms with Crippen molar-refractivity contribution in [1.82, 2.24) is 0 Å². The first-order chi connectivity index (χ1) is 9.97. The fourth-order valence-electron chi connectivity index (χ4n) is 1.84. The predicted molar refractivity (Wildman–Crippen MR) is 80.8 cm³/mol. The number of benzene rings is 2. The van der Waals surface area contributed by atoms with Crippen molar-refractivity contribution in [3.63, 3.8) is 0 Å². The van der Waals surface area contributed by atoms with Gasteiger partial charge in [-0.1, -0.05) is 30.3 Å². The van der Waals surface area contributed by atoms with Gasteiger partial charge in [0.05, 0.1) is 11.7 Å². The molecular weight excluding hydrogens is 342 g/mol. The summed E-state index contributed by atoms with van der Waals surface area (Å²) in [4.78, 5) is 12.0. The van der Waals surface area contributed by atoms with Crippen LogP contribution in [-0.4, -0.2) is 11.9 Å². The van der Waals surface area contributed by atoms with Crippen LogP contribution in [0.25, 0.3) is 0 Å². The van der Waals surface area contributed by atoms with Crippen LogP contribution in [0, 0.1) is 11.6 Å². The van der Waals surface area contributed by atoms with Crippen molar-refractivity contribution in [2.75, 3.05) is 5.32 Å². The van der Waals surface area contributed by atoms with E-state index in [1.165, 1.54) is 0 Å². The van der Waals surface area contributed by atoms with Crippen molar-refractivity contribution >= 4 is 27.5 Å². The molecule has 1 amide bonds. The minimum absolute atomic E-state index is 0.120. The predicted octanol–water partition coefficient (Wildman–Crippen LogP) is 3.24. The number of amides is 1. The third kappa shape index (κ3) is 4.09. The summed E-state index contributed by atoms with van der Waals surface area (Å²) in [5.74, 6) is -2.13. The van der Waals surface area contributed by atoms with Crippen LogP contribution in [-0.2, 0) is 11.2 Å². The third-order valence-electron chi connectivity index (χ3n) is 2.89. The topological polar surface area (TPSA) is 55.1 Å². The number of carbonyl (C=O) groups is 1. The molecule has 0 saturated heterocycles. The summed E-state index contributed by atoms with van der Waals surface area (Å²) in [6, 6.07) is 10.2. The Morgan fingerprint density at radius 3 is 2.52 bits per heavy atom. The van der Waals surface area contributed by atoms with Gasteiger partial charge in [-0.3, -0.25) is 4.79 Å². The SMILES string of the molecule is NC(Cc1ccccc1)C(=O)Nc1c(F)cc(F)cc1Br. The maximum atomic E-state index is 13.6. The second kappa shape index (κ2) is 6.78. The summed E-state index contributed by atoms with van der Waals surface area (Å²) < 4.78 is 26.7. The van der Waals surface area contributed by atoms with Crippen molar-refractivity contribution in [2.45, 2.75) is 12.5 Å². The highest BCUT2D eigenvalue weighted by atomic mass is 79.9. The molecular formula is C15H13BrF2N2O. The highest BCUT2D eigenvalue weighted by Crippen LogP contribution is 2.27. The molecule has 110 valence electrons. The van der Waals surface area contributed by atoms with Crippen LogP contribution < -0.4 is 11.1 Å². The lowest BCUT2D eigenvalue weighted by Gasteiger charge is -2.14. The van der Waals surface area contributed by atoms with Crippen molar-refractivity contribution in [1.29, 1.82) is 0 Å². The molecule has 1 unspecified atom stereocenters. The summed E-state index contributed by atoms with van der Waals surface area (Å²) in [5.41, 5.74) is 6.58. The monoisotopic (exact) mass is 354 g/mol. The molecule has 0 fully saturated rings. The molecule has 0 aromatic heterocycles. The Labute approximate surface area is 129 Å². The van der Waals surface area contributed by atoms with Crippen LogP contribution in [0.4, 0.5) is 14.5 Å². The molecule has 2 aromatic rings. The first-order valence-electron chi connectivity index (χ1n) is 6.22. The Morgan fingerprint density at radius 2 is 1.90 bits per heavy atom. The molecule has 0 aliphatic rings. The molecule has 0 radical (unpaired) electrons. The zero-order valence-electron chi connectivity index (χ0n) is 10.9. The minimum atomic E-state index is -0.859. The van der Waals surface area contributed by atoms with E-state index in [1.54, 1.807) is 0 Å². The van der Waals surface area contributed by atoms with E-state index in [9.17, 15) is 13.6 Å². The van der Waals surface area contributed by atoms with Crippen molar-refractivity contribution in [2.24, 2.45) is 5.73 Å². The molecule has 0 bridgehead atoms. The summed E-state index contributed by atoms with van der Waals surface area (Å²) in [5, 5.41) is 2.37. The molecule has 0 saturated carbocycles.